The minimum Gasteiger partial charge on any atom is -0.504 e. The summed E-state index contributed by atoms with van der Waals surface area (Å²) < 4.78 is 0. The van der Waals surface area contributed by atoms with Crippen LogP contribution in [-0.4, -0.2) is 11.0 Å². The van der Waals surface area contributed by atoms with Crippen molar-refractivity contribution in [1.29, 1.82) is 0 Å². The van der Waals surface area contributed by atoms with Crippen LogP contribution in [0.1, 0.15) is 5.56 Å². The summed E-state index contributed by atoms with van der Waals surface area (Å²) in [4.78, 5) is 21.4. The normalized spacial score (nSPS) is 17.8. The minimum absolute atomic E-state index is 0.186. The lowest BCUT2D eigenvalue weighted by Gasteiger charge is -1.98. The summed E-state index contributed by atoms with van der Waals surface area (Å²) in [5, 5.41) is 14.3. The first-order valence-corrected chi connectivity index (χ1v) is 4.57. The summed E-state index contributed by atoms with van der Waals surface area (Å²) in [7, 11) is 0. The maximum atomic E-state index is 11.2. The van der Waals surface area contributed by atoms with Crippen molar-refractivity contribution in [3.05, 3.63) is 58.0 Å². The molecule has 1 aromatic carbocycles. The van der Waals surface area contributed by atoms with E-state index in [0.29, 0.717) is 0 Å². The third kappa shape index (κ3) is 1.70. The van der Waals surface area contributed by atoms with Gasteiger partial charge in [-0.15, -0.1) is 4.91 Å². The van der Waals surface area contributed by atoms with E-state index in [2.05, 4.69) is 10.5 Å². The largest absolute Gasteiger partial charge is 0.504 e. The van der Waals surface area contributed by atoms with Gasteiger partial charge in [-0.25, -0.2) is 0 Å². The van der Waals surface area contributed by atoms with Crippen LogP contribution in [0, 0.1) is 4.91 Å². The van der Waals surface area contributed by atoms with E-state index >= 15 is 0 Å². The predicted molar refractivity (Wildman–Crippen MR) is 58.0 cm³/mol. The fraction of sp³-hybridized carbons (Fsp3) is 0. The molecule has 1 amide bonds. The van der Waals surface area contributed by atoms with Gasteiger partial charge in [-0.1, -0.05) is 30.3 Å². The third-order valence-electron chi connectivity index (χ3n) is 2.14. The van der Waals surface area contributed by atoms with Crippen LogP contribution in [0.5, 0.6) is 0 Å². The van der Waals surface area contributed by atoms with Crippen LogP contribution in [0.2, 0.25) is 0 Å². The number of nitroso groups, excluding NO2 is 1. The number of amides is 1. The monoisotopic (exact) mass is 216 g/mol. The number of aliphatic hydroxyl groups excluding tert-OH is 1. The summed E-state index contributed by atoms with van der Waals surface area (Å²) in [6.07, 6.45) is 1.56. The first-order chi connectivity index (χ1) is 7.72. The number of hydrogen-bond donors (Lipinski definition) is 2. The fourth-order valence-electron chi connectivity index (χ4n) is 1.38. The molecule has 80 valence electrons. The molecule has 0 saturated carbocycles. The van der Waals surface area contributed by atoms with Crippen LogP contribution in [0.3, 0.4) is 0 Å². The smallest absolute Gasteiger partial charge is 0.281 e. The van der Waals surface area contributed by atoms with Gasteiger partial charge in [0.2, 0.25) is 5.70 Å². The molecule has 0 aliphatic carbocycles. The topological polar surface area (TPSA) is 78.8 Å². The average molecular weight is 216 g/mol. The number of nitrogens with one attached hydrogen (secondary N) is 1. The Labute approximate surface area is 91.1 Å². The van der Waals surface area contributed by atoms with Gasteiger partial charge in [0.1, 0.15) is 0 Å². The molecule has 0 bridgehead atoms. The molecular weight excluding hydrogens is 208 g/mol. The lowest BCUT2D eigenvalue weighted by atomic mass is 10.2. The highest BCUT2D eigenvalue weighted by atomic mass is 16.3. The van der Waals surface area contributed by atoms with Crippen LogP contribution in [0.4, 0.5) is 0 Å². The SMILES string of the molecule is O=NC1=C(O)/C(=C\c2ccccc2)NC1=O. The van der Waals surface area contributed by atoms with Crippen LogP contribution in [0.25, 0.3) is 6.08 Å². The Bertz CT molecular complexity index is 503. The summed E-state index contributed by atoms with van der Waals surface area (Å²) in [5.74, 6) is -1.10. The molecule has 1 heterocycles. The van der Waals surface area contributed by atoms with Crippen molar-refractivity contribution in [2.45, 2.75) is 0 Å². The number of nitrogens with zero attached hydrogens (tertiary/aromatic N) is 1. The van der Waals surface area contributed by atoms with Crippen LogP contribution in [-0.2, 0) is 4.79 Å². The second-order valence-electron chi connectivity index (χ2n) is 3.21. The van der Waals surface area contributed by atoms with Gasteiger partial charge in [0, 0.05) is 0 Å². The van der Waals surface area contributed by atoms with E-state index in [0.717, 1.165) is 5.56 Å². The zero-order chi connectivity index (χ0) is 11.5. The number of carbonyl (C=O) groups is 1. The lowest BCUT2D eigenvalue weighted by Crippen LogP contribution is -2.15. The van der Waals surface area contributed by atoms with Crippen molar-refractivity contribution in [1.82, 2.24) is 5.32 Å². The van der Waals surface area contributed by atoms with Crippen molar-refractivity contribution in [2.75, 3.05) is 0 Å². The summed E-state index contributed by atoms with van der Waals surface area (Å²) in [6.45, 7) is 0. The van der Waals surface area contributed by atoms with E-state index in [1.807, 2.05) is 18.2 Å². The highest BCUT2D eigenvalue weighted by Crippen LogP contribution is 2.20. The second-order valence-corrected chi connectivity index (χ2v) is 3.21. The van der Waals surface area contributed by atoms with Gasteiger partial charge in [-0.2, -0.15) is 0 Å². The van der Waals surface area contributed by atoms with E-state index in [1.54, 1.807) is 18.2 Å². The summed E-state index contributed by atoms with van der Waals surface area (Å²) in [5.41, 5.74) is 0.504. The van der Waals surface area contributed by atoms with Gasteiger partial charge in [0.05, 0.1) is 5.70 Å². The van der Waals surface area contributed by atoms with Gasteiger partial charge in [0.25, 0.3) is 5.91 Å². The van der Waals surface area contributed by atoms with E-state index < -0.39 is 17.4 Å². The standard InChI is InChI=1S/C11H8N2O3/c14-10-8(12-11(15)9(10)13-16)6-7-4-2-1-3-5-7/h1-6,14H,(H,12,15)/b8-6+. The number of benzene rings is 1. The zero-order valence-corrected chi connectivity index (χ0v) is 8.18. The molecule has 5 nitrogen and oxygen atoms in total. The predicted octanol–water partition coefficient (Wildman–Crippen LogP) is 1.69. The van der Waals surface area contributed by atoms with Crippen LogP contribution in [0.15, 0.2) is 52.7 Å². The molecule has 16 heavy (non-hydrogen) atoms. The van der Waals surface area contributed by atoms with Crippen molar-refractivity contribution < 1.29 is 9.90 Å². The molecule has 0 saturated heterocycles. The molecule has 2 N–H and O–H groups in total. The Morgan fingerprint density at radius 2 is 1.94 bits per heavy atom. The van der Waals surface area contributed by atoms with Crippen molar-refractivity contribution in [3.8, 4) is 0 Å². The quantitative estimate of drug-likeness (QED) is 0.738. The van der Waals surface area contributed by atoms with Crippen LogP contribution < -0.4 is 5.32 Å². The molecule has 2 rings (SSSR count). The average Bonchev–Trinajstić information content (AvgIpc) is 2.55. The molecule has 0 fully saturated rings. The van der Waals surface area contributed by atoms with Crippen molar-refractivity contribution in [2.24, 2.45) is 5.18 Å². The molecule has 0 radical (unpaired) electrons. The molecule has 1 aromatic rings. The number of hydrogen-bond acceptors (Lipinski definition) is 4. The molecule has 0 unspecified atom stereocenters. The Kier molecular flexibility index (Phi) is 2.51. The maximum Gasteiger partial charge on any atom is 0.281 e. The maximum absolute atomic E-state index is 11.2. The molecular formula is C11H8N2O3. The third-order valence-corrected chi connectivity index (χ3v) is 2.14. The van der Waals surface area contributed by atoms with E-state index in [4.69, 9.17) is 0 Å². The number of aliphatic hydroxyl groups is 1. The first-order valence-electron chi connectivity index (χ1n) is 4.57. The van der Waals surface area contributed by atoms with Crippen molar-refractivity contribution in [3.63, 3.8) is 0 Å². The molecule has 0 spiro atoms. The summed E-state index contributed by atoms with van der Waals surface area (Å²) >= 11 is 0. The first kappa shape index (κ1) is 10.1. The van der Waals surface area contributed by atoms with Gasteiger partial charge in [-0.3, -0.25) is 4.79 Å². The second kappa shape index (κ2) is 3.98. The molecule has 0 aromatic heterocycles. The van der Waals surface area contributed by atoms with Gasteiger partial charge in [0.15, 0.2) is 5.76 Å². The molecule has 5 heteroatoms. The minimum atomic E-state index is -0.685. The Balaban J connectivity index is 2.39. The lowest BCUT2D eigenvalue weighted by molar-refractivity contribution is -0.116. The van der Waals surface area contributed by atoms with E-state index in [1.165, 1.54) is 0 Å². The van der Waals surface area contributed by atoms with Gasteiger partial charge >= 0.3 is 0 Å². The van der Waals surface area contributed by atoms with Crippen LogP contribution >= 0.6 is 0 Å². The Hall–Kier alpha value is -2.43. The summed E-state index contributed by atoms with van der Waals surface area (Å²) in [6, 6.07) is 9.10. The highest BCUT2D eigenvalue weighted by molar-refractivity contribution is 6.00. The van der Waals surface area contributed by atoms with Crippen molar-refractivity contribution >= 4 is 12.0 Å². The highest BCUT2D eigenvalue weighted by Gasteiger charge is 2.28. The van der Waals surface area contributed by atoms with E-state index in [-0.39, 0.29) is 5.70 Å². The molecule has 1 aliphatic heterocycles. The Morgan fingerprint density at radius 3 is 2.50 bits per heavy atom. The fourth-order valence-corrected chi connectivity index (χ4v) is 1.38. The number of carbonyl (C=O) groups excluding carboxylic acids is 1. The number of rotatable bonds is 2. The van der Waals surface area contributed by atoms with E-state index in [9.17, 15) is 14.8 Å². The van der Waals surface area contributed by atoms with Gasteiger partial charge in [-0.05, 0) is 16.8 Å². The zero-order valence-electron chi connectivity index (χ0n) is 8.18. The molecule has 1 aliphatic rings. The van der Waals surface area contributed by atoms with Gasteiger partial charge < -0.3 is 10.4 Å². The Morgan fingerprint density at radius 1 is 1.25 bits per heavy atom. The molecule has 0 atom stereocenters.